The number of nitrogens with zero attached hydrogens (tertiary/aromatic N) is 1. The standard InChI is InChI=1S/C14H23N3O3/c1-14(2,3)11-8-12(17-20-11)16-13(19)15-9-4-6-10(18)7-5-9/h8-10,18H,4-7H2,1-3H3,(H2,15,16,17,19). The minimum absolute atomic E-state index is 0.118. The Morgan fingerprint density at radius 3 is 2.55 bits per heavy atom. The van der Waals surface area contributed by atoms with E-state index in [2.05, 4.69) is 15.8 Å². The van der Waals surface area contributed by atoms with Crippen molar-refractivity contribution < 1.29 is 14.4 Å². The monoisotopic (exact) mass is 281 g/mol. The largest absolute Gasteiger partial charge is 0.393 e. The highest BCUT2D eigenvalue weighted by Gasteiger charge is 2.22. The fourth-order valence-electron chi connectivity index (χ4n) is 2.25. The number of aliphatic hydroxyl groups excluding tert-OH is 1. The molecular formula is C14H23N3O3. The Bertz CT molecular complexity index is 456. The van der Waals surface area contributed by atoms with E-state index >= 15 is 0 Å². The first kappa shape index (κ1) is 14.8. The van der Waals surface area contributed by atoms with E-state index < -0.39 is 0 Å². The number of anilines is 1. The van der Waals surface area contributed by atoms with Crippen LogP contribution in [0.25, 0.3) is 0 Å². The van der Waals surface area contributed by atoms with Crippen molar-refractivity contribution in [2.24, 2.45) is 0 Å². The molecule has 1 aliphatic carbocycles. The molecule has 0 bridgehead atoms. The Kier molecular flexibility index (Phi) is 4.32. The second kappa shape index (κ2) is 5.83. The summed E-state index contributed by atoms with van der Waals surface area (Å²) >= 11 is 0. The Hall–Kier alpha value is -1.56. The lowest BCUT2D eigenvalue weighted by atomic mass is 9.93. The van der Waals surface area contributed by atoms with Gasteiger partial charge in [0.25, 0.3) is 0 Å². The number of urea groups is 1. The van der Waals surface area contributed by atoms with Crippen molar-refractivity contribution in [1.82, 2.24) is 10.5 Å². The minimum atomic E-state index is -0.278. The van der Waals surface area contributed by atoms with Gasteiger partial charge in [0, 0.05) is 17.5 Å². The van der Waals surface area contributed by atoms with Crippen LogP contribution in [-0.4, -0.2) is 28.4 Å². The molecule has 0 atom stereocenters. The zero-order valence-corrected chi connectivity index (χ0v) is 12.3. The number of carbonyl (C=O) groups excluding carboxylic acids is 1. The van der Waals surface area contributed by atoms with Crippen LogP contribution in [0.15, 0.2) is 10.6 Å². The van der Waals surface area contributed by atoms with Gasteiger partial charge in [-0.25, -0.2) is 4.79 Å². The lowest BCUT2D eigenvalue weighted by molar-refractivity contribution is 0.118. The predicted octanol–water partition coefficient (Wildman–Crippen LogP) is 2.40. The van der Waals surface area contributed by atoms with Gasteiger partial charge in [0.05, 0.1) is 6.10 Å². The Morgan fingerprint density at radius 1 is 1.35 bits per heavy atom. The molecule has 0 aliphatic heterocycles. The molecule has 1 aromatic heterocycles. The molecule has 1 aromatic rings. The molecule has 0 saturated heterocycles. The maximum absolute atomic E-state index is 11.9. The number of carbonyl (C=O) groups is 1. The summed E-state index contributed by atoms with van der Waals surface area (Å²) in [6.07, 6.45) is 2.87. The average Bonchev–Trinajstić information content (AvgIpc) is 2.80. The van der Waals surface area contributed by atoms with Gasteiger partial charge in [-0.2, -0.15) is 0 Å². The van der Waals surface area contributed by atoms with Crippen molar-refractivity contribution >= 4 is 11.8 Å². The third-order valence-corrected chi connectivity index (χ3v) is 3.52. The molecule has 0 aromatic carbocycles. The highest BCUT2D eigenvalue weighted by atomic mass is 16.5. The molecule has 1 fully saturated rings. The van der Waals surface area contributed by atoms with Crippen molar-refractivity contribution in [3.05, 3.63) is 11.8 Å². The van der Waals surface area contributed by atoms with Gasteiger partial charge < -0.3 is 14.9 Å². The lowest BCUT2D eigenvalue weighted by Gasteiger charge is -2.25. The number of aliphatic hydroxyl groups is 1. The van der Waals surface area contributed by atoms with Crippen molar-refractivity contribution in [2.45, 2.75) is 64.0 Å². The zero-order valence-electron chi connectivity index (χ0n) is 12.3. The Balaban J connectivity index is 1.84. The molecule has 0 spiro atoms. The first-order valence-corrected chi connectivity index (χ1v) is 7.07. The van der Waals surface area contributed by atoms with Gasteiger partial charge in [0.15, 0.2) is 5.82 Å². The number of hydrogen-bond donors (Lipinski definition) is 3. The van der Waals surface area contributed by atoms with Crippen LogP contribution in [-0.2, 0) is 5.41 Å². The van der Waals surface area contributed by atoms with E-state index in [1.165, 1.54) is 0 Å². The van der Waals surface area contributed by atoms with E-state index in [-0.39, 0.29) is 23.6 Å². The Labute approximate surface area is 118 Å². The number of nitrogens with one attached hydrogen (secondary N) is 2. The second-order valence-corrected chi connectivity index (χ2v) is 6.43. The summed E-state index contributed by atoms with van der Waals surface area (Å²) < 4.78 is 5.21. The lowest BCUT2D eigenvalue weighted by Crippen LogP contribution is -2.40. The molecule has 1 heterocycles. The fraction of sp³-hybridized carbons (Fsp3) is 0.714. The normalized spacial score (nSPS) is 23.4. The van der Waals surface area contributed by atoms with Crippen molar-refractivity contribution in [3.8, 4) is 0 Å². The van der Waals surface area contributed by atoms with Gasteiger partial charge in [0.2, 0.25) is 0 Å². The number of amides is 2. The molecule has 6 heteroatoms. The minimum Gasteiger partial charge on any atom is -0.393 e. The number of rotatable bonds is 2. The van der Waals surface area contributed by atoms with Gasteiger partial charge in [-0.3, -0.25) is 5.32 Å². The Morgan fingerprint density at radius 2 is 2.00 bits per heavy atom. The summed E-state index contributed by atoms with van der Waals surface area (Å²) in [6, 6.07) is 1.58. The SMILES string of the molecule is CC(C)(C)c1cc(NC(=O)NC2CCC(O)CC2)no1. The van der Waals surface area contributed by atoms with E-state index in [0.717, 1.165) is 31.4 Å². The van der Waals surface area contributed by atoms with E-state index in [9.17, 15) is 9.90 Å². The first-order chi connectivity index (χ1) is 9.34. The summed E-state index contributed by atoms with van der Waals surface area (Å²) in [4.78, 5) is 11.9. The maximum atomic E-state index is 11.9. The van der Waals surface area contributed by atoms with Crippen LogP contribution >= 0.6 is 0 Å². The van der Waals surface area contributed by atoms with Crippen molar-refractivity contribution in [2.75, 3.05) is 5.32 Å². The predicted molar refractivity (Wildman–Crippen MR) is 75.6 cm³/mol. The molecule has 6 nitrogen and oxygen atoms in total. The van der Waals surface area contributed by atoms with Crippen LogP contribution in [0.3, 0.4) is 0 Å². The molecule has 112 valence electrons. The van der Waals surface area contributed by atoms with Gasteiger partial charge in [-0.15, -0.1) is 0 Å². The van der Waals surface area contributed by atoms with Crippen LogP contribution < -0.4 is 10.6 Å². The van der Waals surface area contributed by atoms with Crippen molar-refractivity contribution in [3.63, 3.8) is 0 Å². The molecule has 2 rings (SSSR count). The maximum Gasteiger partial charge on any atom is 0.320 e. The van der Waals surface area contributed by atoms with Gasteiger partial charge in [-0.1, -0.05) is 25.9 Å². The van der Waals surface area contributed by atoms with Crippen molar-refractivity contribution in [1.29, 1.82) is 0 Å². The first-order valence-electron chi connectivity index (χ1n) is 7.07. The van der Waals surface area contributed by atoms with Crippen LogP contribution in [0.2, 0.25) is 0 Å². The second-order valence-electron chi connectivity index (χ2n) is 6.43. The highest BCUT2D eigenvalue weighted by Crippen LogP contribution is 2.24. The zero-order chi connectivity index (χ0) is 14.8. The smallest absolute Gasteiger partial charge is 0.320 e. The molecular weight excluding hydrogens is 258 g/mol. The highest BCUT2D eigenvalue weighted by molar-refractivity contribution is 5.88. The quantitative estimate of drug-likeness (QED) is 0.776. The van der Waals surface area contributed by atoms with E-state index in [1.807, 2.05) is 20.8 Å². The summed E-state index contributed by atoms with van der Waals surface area (Å²) in [7, 11) is 0. The average molecular weight is 281 g/mol. The molecule has 20 heavy (non-hydrogen) atoms. The molecule has 0 unspecified atom stereocenters. The number of aromatic nitrogens is 1. The number of hydrogen-bond acceptors (Lipinski definition) is 4. The topological polar surface area (TPSA) is 87.4 Å². The summed E-state index contributed by atoms with van der Waals surface area (Å²) in [5.41, 5.74) is -0.136. The van der Waals surface area contributed by atoms with Gasteiger partial charge in [-0.05, 0) is 25.7 Å². The molecule has 2 amide bonds. The van der Waals surface area contributed by atoms with Gasteiger partial charge >= 0.3 is 6.03 Å². The van der Waals surface area contributed by atoms with Crippen LogP contribution in [0.5, 0.6) is 0 Å². The summed E-state index contributed by atoms with van der Waals surface area (Å²) in [5, 5.41) is 18.8. The third kappa shape index (κ3) is 3.96. The van der Waals surface area contributed by atoms with E-state index in [4.69, 9.17) is 4.52 Å². The fourth-order valence-corrected chi connectivity index (χ4v) is 2.25. The van der Waals surface area contributed by atoms with E-state index in [0.29, 0.717) is 5.82 Å². The van der Waals surface area contributed by atoms with Crippen LogP contribution in [0.1, 0.15) is 52.2 Å². The van der Waals surface area contributed by atoms with E-state index in [1.54, 1.807) is 6.07 Å². The molecule has 3 N–H and O–H groups in total. The molecule has 1 saturated carbocycles. The molecule has 0 radical (unpaired) electrons. The summed E-state index contributed by atoms with van der Waals surface area (Å²) in [5.74, 6) is 1.15. The molecule has 1 aliphatic rings. The third-order valence-electron chi connectivity index (χ3n) is 3.52. The van der Waals surface area contributed by atoms with Crippen LogP contribution in [0, 0.1) is 0 Å². The summed E-state index contributed by atoms with van der Waals surface area (Å²) in [6.45, 7) is 6.06. The van der Waals surface area contributed by atoms with Crippen LogP contribution in [0.4, 0.5) is 10.6 Å². The van der Waals surface area contributed by atoms with Gasteiger partial charge in [0.1, 0.15) is 5.76 Å².